The van der Waals surface area contributed by atoms with Crippen molar-refractivity contribution >= 4 is 23.1 Å². The number of aryl methyl sites for hydroxylation is 3. The lowest BCUT2D eigenvalue weighted by atomic mass is 10.1. The molecular formula is C22H24N4O. The maximum atomic E-state index is 12.8. The predicted molar refractivity (Wildman–Crippen MR) is 110 cm³/mol. The van der Waals surface area contributed by atoms with Crippen LogP contribution in [0.5, 0.6) is 0 Å². The Bertz CT molecular complexity index is 934. The fourth-order valence-electron chi connectivity index (χ4n) is 3.13. The number of amides is 1. The van der Waals surface area contributed by atoms with E-state index >= 15 is 0 Å². The Balaban J connectivity index is 1.91. The van der Waals surface area contributed by atoms with E-state index in [0.29, 0.717) is 17.3 Å². The number of carbonyl (C=O) groups excluding carboxylic acids is 1. The fraction of sp³-hybridized carbons (Fsp3) is 0.227. The zero-order valence-corrected chi connectivity index (χ0v) is 16.2. The number of aromatic nitrogens is 2. The minimum Gasteiger partial charge on any atom is -0.327 e. The first kappa shape index (κ1) is 18.6. The van der Waals surface area contributed by atoms with E-state index in [2.05, 4.69) is 33.2 Å². The van der Waals surface area contributed by atoms with Crippen molar-refractivity contribution in [3.05, 3.63) is 77.2 Å². The van der Waals surface area contributed by atoms with E-state index in [1.165, 1.54) is 0 Å². The monoisotopic (exact) mass is 360 g/mol. The molecule has 0 atom stereocenters. The lowest BCUT2D eigenvalue weighted by molar-refractivity contribution is 0.102. The smallest absolute Gasteiger partial charge is 0.274 e. The number of hydrogen-bond donors (Lipinski definition) is 1. The number of nitrogens with zero attached hydrogens (tertiary/aromatic N) is 3. The van der Waals surface area contributed by atoms with Crippen molar-refractivity contribution in [2.45, 2.75) is 27.7 Å². The number of rotatable bonds is 5. The Morgan fingerprint density at radius 2 is 1.63 bits per heavy atom. The van der Waals surface area contributed by atoms with E-state index in [0.717, 1.165) is 29.0 Å². The summed E-state index contributed by atoms with van der Waals surface area (Å²) in [6, 6.07) is 17.7. The highest BCUT2D eigenvalue weighted by atomic mass is 16.1. The molecular weight excluding hydrogens is 336 g/mol. The summed E-state index contributed by atoms with van der Waals surface area (Å²) in [5, 5.41) is 2.94. The molecule has 3 rings (SSSR count). The first-order valence-electron chi connectivity index (χ1n) is 9.04. The van der Waals surface area contributed by atoms with Gasteiger partial charge >= 0.3 is 0 Å². The lowest BCUT2D eigenvalue weighted by Crippen LogP contribution is -2.21. The normalized spacial score (nSPS) is 10.5. The molecule has 138 valence electrons. The summed E-state index contributed by atoms with van der Waals surface area (Å²) in [7, 11) is 0. The Hall–Kier alpha value is -3.21. The van der Waals surface area contributed by atoms with Crippen LogP contribution in [0.2, 0.25) is 0 Å². The Kier molecular flexibility index (Phi) is 5.50. The van der Waals surface area contributed by atoms with Crippen molar-refractivity contribution in [3.63, 3.8) is 0 Å². The van der Waals surface area contributed by atoms with E-state index in [-0.39, 0.29) is 5.91 Å². The van der Waals surface area contributed by atoms with Crippen molar-refractivity contribution in [1.82, 2.24) is 9.97 Å². The molecule has 27 heavy (non-hydrogen) atoms. The van der Waals surface area contributed by atoms with E-state index in [9.17, 15) is 4.79 Å². The molecule has 1 aromatic heterocycles. The zero-order chi connectivity index (χ0) is 19.4. The molecule has 0 saturated carbocycles. The first-order chi connectivity index (χ1) is 13.0. The second kappa shape index (κ2) is 7.99. The summed E-state index contributed by atoms with van der Waals surface area (Å²) in [6.45, 7) is 8.61. The van der Waals surface area contributed by atoms with Gasteiger partial charge in [0.2, 0.25) is 0 Å². The maximum Gasteiger partial charge on any atom is 0.274 e. The van der Waals surface area contributed by atoms with Crippen LogP contribution in [-0.4, -0.2) is 22.4 Å². The summed E-state index contributed by atoms with van der Waals surface area (Å²) < 4.78 is 0. The molecule has 1 amide bonds. The number of carbonyl (C=O) groups is 1. The number of benzene rings is 2. The van der Waals surface area contributed by atoms with Crippen molar-refractivity contribution in [2.24, 2.45) is 0 Å². The van der Waals surface area contributed by atoms with Crippen LogP contribution in [0, 0.1) is 20.8 Å². The van der Waals surface area contributed by atoms with Crippen LogP contribution in [-0.2, 0) is 0 Å². The molecule has 0 unspecified atom stereocenters. The van der Waals surface area contributed by atoms with Gasteiger partial charge in [-0.2, -0.15) is 0 Å². The first-order valence-corrected chi connectivity index (χ1v) is 9.04. The van der Waals surface area contributed by atoms with Crippen LogP contribution >= 0.6 is 0 Å². The molecule has 0 aliphatic rings. The molecule has 0 aliphatic heterocycles. The predicted octanol–water partition coefficient (Wildman–Crippen LogP) is 4.81. The Labute approximate surface area is 160 Å². The van der Waals surface area contributed by atoms with Gasteiger partial charge in [-0.25, -0.2) is 9.97 Å². The topological polar surface area (TPSA) is 58.1 Å². The number of para-hydroxylation sites is 1. The van der Waals surface area contributed by atoms with E-state index in [4.69, 9.17) is 0 Å². The minimum atomic E-state index is -0.240. The molecule has 0 spiro atoms. The third-order valence-electron chi connectivity index (χ3n) is 4.20. The fourth-order valence-corrected chi connectivity index (χ4v) is 3.13. The van der Waals surface area contributed by atoms with Crippen molar-refractivity contribution < 1.29 is 4.79 Å². The quantitative estimate of drug-likeness (QED) is 0.709. The van der Waals surface area contributed by atoms with Crippen molar-refractivity contribution in [3.8, 4) is 0 Å². The van der Waals surface area contributed by atoms with Gasteiger partial charge < -0.3 is 10.2 Å². The third-order valence-corrected chi connectivity index (χ3v) is 4.20. The standard InChI is InChI=1S/C22H24N4O/c1-5-26(19-9-7-6-8-10-19)21-14-20(23-17(4)24-21)22(27)25-18-12-15(2)11-16(3)13-18/h6-14H,5H2,1-4H3,(H,25,27). The molecule has 0 bridgehead atoms. The van der Waals surface area contributed by atoms with Crippen LogP contribution in [0.4, 0.5) is 17.2 Å². The van der Waals surface area contributed by atoms with Gasteiger partial charge in [-0.3, -0.25) is 4.79 Å². The molecule has 0 aliphatic carbocycles. The highest BCUT2D eigenvalue weighted by Gasteiger charge is 2.15. The molecule has 0 fully saturated rings. The highest BCUT2D eigenvalue weighted by Crippen LogP contribution is 2.24. The highest BCUT2D eigenvalue weighted by molar-refractivity contribution is 6.03. The van der Waals surface area contributed by atoms with Gasteiger partial charge in [0.15, 0.2) is 0 Å². The third kappa shape index (κ3) is 4.50. The number of anilines is 3. The largest absolute Gasteiger partial charge is 0.327 e. The van der Waals surface area contributed by atoms with Crippen LogP contribution in [0.1, 0.15) is 34.4 Å². The van der Waals surface area contributed by atoms with Gasteiger partial charge in [0.1, 0.15) is 17.3 Å². The van der Waals surface area contributed by atoms with Gasteiger partial charge in [-0.15, -0.1) is 0 Å². The Morgan fingerprint density at radius 1 is 0.963 bits per heavy atom. The van der Waals surface area contributed by atoms with Gasteiger partial charge in [-0.05, 0) is 63.1 Å². The molecule has 2 aromatic carbocycles. The summed E-state index contributed by atoms with van der Waals surface area (Å²) in [5.41, 5.74) is 4.35. The molecule has 1 heterocycles. The molecule has 0 radical (unpaired) electrons. The number of nitrogens with one attached hydrogen (secondary N) is 1. The maximum absolute atomic E-state index is 12.8. The molecule has 5 heteroatoms. The molecule has 0 saturated heterocycles. The van der Waals surface area contributed by atoms with E-state index in [1.54, 1.807) is 13.0 Å². The average molecular weight is 360 g/mol. The van der Waals surface area contributed by atoms with Crippen molar-refractivity contribution in [1.29, 1.82) is 0 Å². The van der Waals surface area contributed by atoms with Gasteiger partial charge in [-0.1, -0.05) is 24.3 Å². The van der Waals surface area contributed by atoms with E-state index in [1.807, 2.05) is 56.3 Å². The molecule has 5 nitrogen and oxygen atoms in total. The van der Waals surface area contributed by atoms with Crippen LogP contribution < -0.4 is 10.2 Å². The summed E-state index contributed by atoms with van der Waals surface area (Å²) >= 11 is 0. The van der Waals surface area contributed by atoms with Crippen molar-refractivity contribution in [2.75, 3.05) is 16.8 Å². The second-order valence-corrected chi connectivity index (χ2v) is 6.57. The second-order valence-electron chi connectivity index (χ2n) is 6.57. The molecule has 1 N–H and O–H groups in total. The van der Waals surface area contributed by atoms with Crippen LogP contribution in [0.15, 0.2) is 54.6 Å². The SMILES string of the molecule is CCN(c1ccccc1)c1cc(C(=O)Nc2cc(C)cc(C)c2)nc(C)n1. The van der Waals surface area contributed by atoms with Crippen LogP contribution in [0.25, 0.3) is 0 Å². The summed E-state index contributed by atoms with van der Waals surface area (Å²) in [5.74, 6) is 1.03. The average Bonchev–Trinajstić information content (AvgIpc) is 2.62. The Morgan fingerprint density at radius 3 is 2.26 bits per heavy atom. The van der Waals surface area contributed by atoms with Gasteiger partial charge in [0.25, 0.3) is 5.91 Å². The summed E-state index contributed by atoms with van der Waals surface area (Å²) in [4.78, 5) is 23.7. The number of hydrogen-bond acceptors (Lipinski definition) is 4. The minimum absolute atomic E-state index is 0.240. The summed E-state index contributed by atoms with van der Waals surface area (Å²) in [6.07, 6.45) is 0. The lowest BCUT2D eigenvalue weighted by Gasteiger charge is -2.22. The van der Waals surface area contributed by atoms with Crippen LogP contribution in [0.3, 0.4) is 0 Å². The van der Waals surface area contributed by atoms with Gasteiger partial charge in [0, 0.05) is 24.0 Å². The zero-order valence-electron chi connectivity index (χ0n) is 16.2. The van der Waals surface area contributed by atoms with Gasteiger partial charge in [0.05, 0.1) is 0 Å². The van der Waals surface area contributed by atoms with E-state index < -0.39 is 0 Å². The molecule has 3 aromatic rings.